The molecule has 0 aliphatic rings. The van der Waals surface area contributed by atoms with Crippen LogP contribution in [0.1, 0.15) is 96.8 Å². The molecule has 0 aromatic carbocycles. The van der Waals surface area contributed by atoms with Gasteiger partial charge in [-0.25, -0.2) is 0 Å². The lowest BCUT2D eigenvalue weighted by molar-refractivity contribution is -0.870. The largest absolute Gasteiger partial charge is 0.756 e. The number of hydrogen-bond acceptors (Lipinski definition) is 7. The Morgan fingerprint density at radius 1 is 0.824 bits per heavy atom. The Morgan fingerprint density at radius 3 is 1.79 bits per heavy atom. The maximum absolute atomic E-state index is 11.9. The summed E-state index contributed by atoms with van der Waals surface area (Å²) in [5.41, 5.74) is 0. The van der Waals surface area contributed by atoms with E-state index in [9.17, 15) is 14.3 Å². The van der Waals surface area contributed by atoms with Crippen LogP contribution < -0.4 is 4.89 Å². The molecule has 0 aliphatic carbocycles. The van der Waals surface area contributed by atoms with E-state index in [1.807, 2.05) is 21.1 Å². The van der Waals surface area contributed by atoms with Crippen molar-refractivity contribution in [3.05, 3.63) is 0 Å². The van der Waals surface area contributed by atoms with Gasteiger partial charge in [-0.1, -0.05) is 84.0 Å². The van der Waals surface area contributed by atoms with E-state index in [1.54, 1.807) is 0 Å². The molecule has 0 bridgehead atoms. The van der Waals surface area contributed by atoms with E-state index in [1.165, 1.54) is 71.3 Å². The number of carbonyl (C=O) groups excluding carboxylic acids is 1. The summed E-state index contributed by atoms with van der Waals surface area (Å²) in [7, 11) is 2.81. The second kappa shape index (κ2) is 20.7. The third kappa shape index (κ3) is 23.3. The number of rotatable bonds is 24. The van der Waals surface area contributed by atoms with Crippen molar-refractivity contribution in [2.75, 3.05) is 54.6 Å². The Morgan fingerprint density at radius 2 is 1.32 bits per heavy atom. The molecule has 0 aliphatic heterocycles. The first-order valence-corrected chi connectivity index (χ1v) is 14.6. The van der Waals surface area contributed by atoms with Gasteiger partial charge in [-0.15, -0.1) is 0 Å². The first kappa shape index (κ1) is 33.5. The van der Waals surface area contributed by atoms with Gasteiger partial charge in [0.15, 0.2) is 0 Å². The Hall–Kier alpha value is -0.500. The van der Waals surface area contributed by atoms with Crippen LogP contribution in [0, 0.1) is 0 Å². The monoisotopic (exact) mass is 509 g/mol. The summed E-state index contributed by atoms with van der Waals surface area (Å²) in [6.07, 6.45) is 16.0. The Kier molecular flexibility index (Phi) is 20.4. The van der Waals surface area contributed by atoms with Crippen LogP contribution >= 0.6 is 7.82 Å². The van der Waals surface area contributed by atoms with E-state index in [0.29, 0.717) is 17.4 Å². The molecule has 0 radical (unpaired) electrons. The summed E-state index contributed by atoms with van der Waals surface area (Å²) in [5, 5.41) is 0. The number of esters is 1. The van der Waals surface area contributed by atoms with Crippen molar-refractivity contribution in [2.45, 2.75) is 103 Å². The lowest BCUT2D eigenvalue weighted by Crippen LogP contribution is -2.37. The Balaban J connectivity index is 3.71. The highest BCUT2D eigenvalue weighted by Crippen LogP contribution is 2.38. The second-order valence-corrected chi connectivity index (χ2v) is 11.5. The molecule has 0 rings (SSSR count). The molecule has 0 saturated heterocycles. The lowest BCUT2D eigenvalue weighted by atomic mass is 10.0. The maximum atomic E-state index is 11.9. The van der Waals surface area contributed by atoms with Gasteiger partial charge in [-0.2, -0.15) is 0 Å². The number of unbranched alkanes of at least 4 members (excludes halogenated alkanes) is 12. The normalized spacial score (nSPS) is 14.6. The average Bonchev–Trinajstić information content (AvgIpc) is 2.76. The molecule has 0 fully saturated rings. The smallest absolute Gasteiger partial charge is 0.305 e. The summed E-state index contributed by atoms with van der Waals surface area (Å²) in [6.45, 7) is 2.51. The van der Waals surface area contributed by atoms with E-state index in [-0.39, 0.29) is 25.8 Å². The van der Waals surface area contributed by atoms with Crippen molar-refractivity contribution >= 4 is 13.8 Å². The van der Waals surface area contributed by atoms with Gasteiger partial charge >= 0.3 is 5.97 Å². The molecular weight excluding hydrogens is 457 g/mol. The number of likely N-dealkylation sites (N-methyl/N-ethyl adjacent to an activating group) is 1. The molecule has 0 amide bonds. The van der Waals surface area contributed by atoms with Crippen LogP contribution in [0.3, 0.4) is 0 Å². The van der Waals surface area contributed by atoms with Crippen molar-refractivity contribution in [1.82, 2.24) is 0 Å². The number of ether oxygens (including phenoxy) is 2. The van der Waals surface area contributed by atoms with Gasteiger partial charge in [0.25, 0.3) is 7.82 Å². The molecule has 0 saturated carbocycles. The zero-order valence-corrected chi connectivity index (χ0v) is 23.5. The quantitative estimate of drug-likeness (QED) is 0.0761. The summed E-state index contributed by atoms with van der Waals surface area (Å²) in [5.74, 6) is -0.297. The molecule has 9 heteroatoms. The molecule has 0 aromatic rings. The molecule has 34 heavy (non-hydrogen) atoms. The standard InChI is InChI=1S/C25H52NO7P/c1-6-7-8-9-10-11-12-13-14-15-16-17-18-19-25(27)31-22-24(30-5)23-33-34(28,29)32-21-20-26(2,3)4/h24H,6-23H2,1-5H3. The second-order valence-electron chi connectivity index (χ2n) is 10.1. The number of hydrogen-bond donors (Lipinski definition) is 0. The summed E-state index contributed by atoms with van der Waals surface area (Å²) in [4.78, 5) is 23.8. The molecule has 0 N–H and O–H groups in total. The third-order valence-electron chi connectivity index (χ3n) is 5.68. The van der Waals surface area contributed by atoms with Crippen LogP contribution in [-0.4, -0.2) is 71.2 Å². The molecule has 0 spiro atoms. The molecule has 2 unspecified atom stereocenters. The number of methoxy groups -OCH3 is 1. The maximum Gasteiger partial charge on any atom is 0.305 e. The van der Waals surface area contributed by atoms with Gasteiger partial charge in [-0.3, -0.25) is 9.36 Å². The predicted molar refractivity (Wildman–Crippen MR) is 134 cm³/mol. The fourth-order valence-electron chi connectivity index (χ4n) is 3.37. The topological polar surface area (TPSA) is 94.1 Å². The lowest BCUT2D eigenvalue weighted by Gasteiger charge is -2.28. The van der Waals surface area contributed by atoms with Crippen LogP contribution in [0.5, 0.6) is 0 Å². The SMILES string of the molecule is CCCCCCCCCCCCCCCC(=O)OCC(COP(=O)([O-])OCC[N+](C)(C)C)OC. The van der Waals surface area contributed by atoms with Crippen molar-refractivity contribution in [3.8, 4) is 0 Å². The number of phosphoric acid groups is 1. The van der Waals surface area contributed by atoms with E-state index < -0.39 is 13.9 Å². The number of carbonyl (C=O) groups is 1. The number of nitrogens with zero attached hydrogens (tertiary/aromatic N) is 1. The molecule has 204 valence electrons. The van der Waals surface area contributed by atoms with Gasteiger partial charge in [0.1, 0.15) is 25.9 Å². The highest BCUT2D eigenvalue weighted by Gasteiger charge is 2.18. The highest BCUT2D eigenvalue weighted by atomic mass is 31.2. The fraction of sp³-hybridized carbons (Fsp3) is 0.960. The molecule has 0 heterocycles. The average molecular weight is 510 g/mol. The minimum absolute atomic E-state index is 0.0377. The van der Waals surface area contributed by atoms with Gasteiger partial charge in [0.05, 0.1) is 27.7 Å². The van der Waals surface area contributed by atoms with Gasteiger partial charge in [0.2, 0.25) is 0 Å². The van der Waals surface area contributed by atoms with Crippen LogP contribution in [0.15, 0.2) is 0 Å². The van der Waals surface area contributed by atoms with E-state index >= 15 is 0 Å². The van der Waals surface area contributed by atoms with Crippen LogP contribution in [-0.2, 0) is 27.9 Å². The van der Waals surface area contributed by atoms with Gasteiger partial charge in [0, 0.05) is 13.5 Å². The first-order valence-electron chi connectivity index (χ1n) is 13.2. The predicted octanol–water partition coefficient (Wildman–Crippen LogP) is 5.23. The van der Waals surface area contributed by atoms with Crippen molar-refractivity contribution < 1.29 is 37.3 Å². The van der Waals surface area contributed by atoms with Crippen LogP contribution in [0.25, 0.3) is 0 Å². The molecular formula is C25H52NO7P. The molecule has 0 aromatic heterocycles. The Labute approximate surface area is 208 Å². The first-order chi connectivity index (χ1) is 16.1. The van der Waals surface area contributed by atoms with Crippen LogP contribution in [0.4, 0.5) is 0 Å². The van der Waals surface area contributed by atoms with Gasteiger partial charge < -0.3 is 27.9 Å². The van der Waals surface area contributed by atoms with Crippen molar-refractivity contribution in [2.24, 2.45) is 0 Å². The van der Waals surface area contributed by atoms with E-state index in [4.69, 9.17) is 18.5 Å². The third-order valence-corrected chi connectivity index (χ3v) is 6.64. The van der Waals surface area contributed by atoms with Gasteiger partial charge in [-0.05, 0) is 6.42 Å². The summed E-state index contributed by atoms with van der Waals surface area (Å²) >= 11 is 0. The van der Waals surface area contributed by atoms with Crippen LogP contribution in [0.2, 0.25) is 0 Å². The van der Waals surface area contributed by atoms with Crippen molar-refractivity contribution in [3.63, 3.8) is 0 Å². The van der Waals surface area contributed by atoms with E-state index in [0.717, 1.165) is 19.3 Å². The number of quaternary nitrogens is 1. The minimum Gasteiger partial charge on any atom is -0.756 e. The zero-order chi connectivity index (χ0) is 25.7. The Bertz CT molecular complexity index is 540. The van der Waals surface area contributed by atoms with E-state index in [2.05, 4.69) is 6.92 Å². The zero-order valence-electron chi connectivity index (χ0n) is 22.6. The highest BCUT2D eigenvalue weighted by molar-refractivity contribution is 7.45. The summed E-state index contributed by atoms with van der Waals surface area (Å²) in [6, 6.07) is 0. The molecule has 8 nitrogen and oxygen atoms in total. The molecule has 2 atom stereocenters. The number of phosphoric ester groups is 1. The fourth-order valence-corrected chi connectivity index (χ4v) is 4.10. The minimum atomic E-state index is -4.42. The summed E-state index contributed by atoms with van der Waals surface area (Å²) < 4.78 is 32.5. The van der Waals surface area contributed by atoms with Crippen molar-refractivity contribution in [1.29, 1.82) is 0 Å².